The van der Waals surface area contributed by atoms with Gasteiger partial charge >= 0.3 is 5.97 Å². The average molecular weight is 285 g/mol. The standard InChI is InChI=1S/C18H23NO2/c1-6-14(2)12-13-18(4,5)15(3)19-21-17(20)16-10-8-7-9-11-16/h7-11,13H,6H2,1-5H3/b19-15+. The van der Waals surface area contributed by atoms with Crippen LogP contribution in [0, 0.1) is 5.41 Å². The predicted molar refractivity (Wildman–Crippen MR) is 86.3 cm³/mol. The molecule has 0 saturated heterocycles. The minimum absolute atomic E-state index is 0.312. The van der Waals surface area contributed by atoms with Gasteiger partial charge in [-0.1, -0.05) is 44.1 Å². The molecular weight excluding hydrogens is 262 g/mol. The van der Waals surface area contributed by atoms with Gasteiger partial charge in [0.15, 0.2) is 0 Å². The SMILES string of the molecule is CCC(C)=C=CC(C)(C)/C(C)=N/OC(=O)c1ccccc1. The quantitative estimate of drug-likeness (QED) is 0.339. The van der Waals surface area contributed by atoms with Crippen molar-refractivity contribution >= 4 is 11.7 Å². The number of carbonyl (C=O) groups is 1. The van der Waals surface area contributed by atoms with Crippen molar-refractivity contribution in [3.8, 4) is 0 Å². The van der Waals surface area contributed by atoms with Crippen LogP contribution in [0.3, 0.4) is 0 Å². The third-order valence-electron chi connectivity index (χ3n) is 3.42. The second-order valence-electron chi connectivity index (χ2n) is 5.57. The zero-order valence-corrected chi connectivity index (χ0v) is 13.4. The minimum Gasteiger partial charge on any atom is -0.313 e. The van der Waals surface area contributed by atoms with Crippen LogP contribution in [-0.2, 0) is 4.84 Å². The van der Waals surface area contributed by atoms with Crippen LogP contribution in [0.25, 0.3) is 0 Å². The van der Waals surface area contributed by atoms with E-state index in [1.807, 2.05) is 39.8 Å². The summed E-state index contributed by atoms with van der Waals surface area (Å²) in [5.74, 6) is -0.449. The topological polar surface area (TPSA) is 38.7 Å². The number of oxime groups is 1. The van der Waals surface area contributed by atoms with E-state index in [0.717, 1.165) is 12.1 Å². The van der Waals surface area contributed by atoms with Gasteiger partial charge in [-0.2, -0.15) is 0 Å². The number of allylic oxidation sites excluding steroid dienone is 1. The van der Waals surface area contributed by atoms with Gasteiger partial charge in [0.25, 0.3) is 0 Å². The van der Waals surface area contributed by atoms with E-state index in [0.29, 0.717) is 5.56 Å². The van der Waals surface area contributed by atoms with Crippen LogP contribution >= 0.6 is 0 Å². The van der Waals surface area contributed by atoms with Crippen molar-refractivity contribution < 1.29 is 9.63 Å². The molecule has 0 heterocycles. The second-order valence-corrected chi connectivity index (χ2v) is 5.57. The average Bonchev–Trinajstić information content (AvgIpc) is 2.50. The first-order valence-corrected chi connectivity index (χ1v) is 7.11. The molecule has 1 aromatic rings. The van der Waals surface area contributed by atoms with Gasteiger partial charge in [-0.25, -0.2) is 4.79 Å². The molecule has 0 saturated carbocycles. The molecule has 21 heavy (non-hydrogen) atoms. The number of nitrogens with zero attached hydrogens (tertiary/aromatic N) is 1. The molecule has 0 N–H and O–H groups in total. The van der Waals surface area contributed by atoms with Gasteiger partial charge in [0.2, 0.25) is 0 Å². The summed E-state index contributed by atoms with van der Waals surface area (Å²) >= 11 is 0. The van der Waals surface area contributed by atoms with E-state index in [-0.39, 0.29) is 5.41 Å². The van der Waals surface area contributed by atoms with Gasteiger partial charge in [0, 0.05) is 5.41 Å². The molecule has 3 heteroatoms. The maximum absolute atomic E-state index is 11.8. The largest absolute Gasteiger partial charge is 0.365 e. The van der Waals surface area contributed by atoms with E-state index in [4.69, 9.17) is 4.84 Å². The van der Waals surface area contributed by atoms with Gasteiger partial charge in [0.1, 0.15) is 0 Å². The fourth-order valence-electron chi connectivity index (χ4n) is 1.36. The minimum atomic E-state index is -0.449. The summed E-state index contributed by atoms with van der Waals surface area (Å²) in [7, 11) is 0. The Kier molecular flexibility index (Phi) is 6.13. The summed E-state index contributed by atoms with van der Waals surface area (Å²) in [6.07, 6.45) is 2.92. The van der Waals surface area contributed by atoms with Crippen LogP contribution in [0.5, 0.6) is 0 Å². The Labute approximate surface area is 127 Å². The lowest BCUT2D eigenvalue weighted by Crippen LogP contribution is -2.19. The molecule has 0 aliphatic rings. The van der Waals surface area contributed by atoms with Crippen molar-refractivity contribution in [1.82, 2.24) is 0 Å². The van der Waals surface area contributed by atoms with E-state index in [9.17, 15) is 4.79 Å². The van der Waals surface area contributed by atoms with Crippen LogP contribution in [0.15, 0.2) is 52.9 Å². The molecule has 112 valence electrons. The Bertz CT molecular complexity index is 576. The van der Waals surface area contributed by atoms with Gasteiger partial charge < -0.3 is 4.84 Å². The monoisotopic (exact) mass is 285 g/mol. The fraction of sp³-hybridized carbons (Fsp3) is 0.389. The Balaban J connectivity index is 2.81. The van der Waals surface area contributed by atoms with Crippen molar-refractivity contribution in [3.63, 3.8) is 0 Å². The zero-order valence-electron chi connectivity index (χ0n) is 13.4. The first kappa shape index (κ1) is 16.9. The fourth-order valence-corrected chi connectivity index (χ4v) is 1.36. The van der Waals surface area contributed by atoms with Gasteiger partial charge in [-0.3, -0.25) is 0 Å². The molecule has 0 atom stereocenters. The zero-order chi connectivity index (χ0) is 15.9. The van der Waals surface area contributed by atoms with Crippen molar-refractivity contribution in [2.75, 3.05) is 0 Å². The molecule has 0 fully saturated rings. The van der Waals surface area contributed by atoms with Crippen molar-refractivity contribution in [2.24, 2.45) is 10.6 Å². The molecule has 0 unspecified atom stereocenters. The molecule has 0 spiro atoms. The molecule has 0 bridgehead atoms. The number of hydrogen-bond donors (Lipinski definition) is 0. The Morgan fingerprint density at radius 2 is 1.90 bits per heavy atom. The van der Waals surface area contributed by atoms with Gasteiger partial charge in [-0.15, -0.1) is 5.73 Å². The van der Waals surface area contributed by atoms with E-state index < -0.39 is 5.97 Å². The molecule has 1 aromatic carbocycles. The highest BCUT2D eigenvalue weighted by Gasteiger charge is 2.19. The number of benzene rings is 1. The van der Waals surface area contributed by atoms with Gasteiger partial charge in [-0.05, 0) is 44.1 Å². The van der Waals surface area contributed by atoms with Crippen LogP contribution in [0.2, 0.25) is 0 Å². The second kappa shape index (κ2) is 7.61. The van der Waals surface area contributed by atoms with Crippen LogP contribution < -0.4 is 0 Å². The Morgan fingerprint density at radius 1 is 1.29 bits per heavy atom. The van der Waals surface area contributed by atoms with Crippen LogP contribution in [0.1, 0.15) is 51.4 Å². The van der Waals surface area contributed by atoms with Crippen molar-refractivity contribution in [2.45, 2.75) is 41.0 Å². The normalized spacial score (nSPS) is 11.6. The highest BCUT2D eigenvalue weighted by molar-refractivity contribution is 5.92. The Morgan fingerprint density at radius 3 is 2.48 bits per heavy atom. The highest BCUT2D eigenvalue weighted by atomic mass is 16.7. The maximum Gasteiger partial charge on any atom is 0.365 e. The lowest BCUT2D eigenvalue weighted by atomic mass is 9.88. The van der Waals surface area contributed by atoms with E-state index >= 15 is 0 Å². The maximum atomic E-state index is 11.8. The smallest absolute Gasteiger partial charge is 0.313 e. The van der Waals surface area contributed by atoms with Gasteiger partial charge in [0.05, 0.1) is 11.3 Å². The molecule has 0 radical (unpaired) electrons. The predicted octanol–water partition coefficient (Wildman–Crippen LogP) is 4.76. The van der Waals surface area contributed by atoms with Crippen LogP contribution in [-0.4, -0.2) is 11.7 Å². The van der Waals surface area contributed by atoms with Crippen molar-refractivity contribution in [3.05, 3.63) is 53.3 Å². The third kappa shape index (κ3) is 5.41. The summed E-state index contributed by atoms with van der Waals surface area (Å²) in [4.78, 5) is 16.8. The van der Waals surface area contributed by atoms with Crippen LogP contribution in [0.4, 0.5) is 0 Å². The van der Waals surface area contributed by atoms with E-state index in [2.05, 4.69) is 17.8 Å². The molecule has 0 aliphatic carbocycles. The van der Waals surface area contributed by atoms with E-state index in [1.54, 1.807) is 24.3 Å². The lowest BCUT2D eigenvalue weighted by Gasteiger charge is -2.18. The molecule has 0 aliphatic heterocycles. The number of hydrogen-bond acceptors (Lipinski definition) is 3. The summed E-state index contributed by atoms with van der Waals surface area (Å²) < 4.78 is 0. The lowest BCUT2D eigenvalue weighted by molar-refractivity contribution is 0.0513. The highest BCUT2D eigenvalue weighted by Crippen LogP contribution is 2.20. The third-order valence-corrected chi connectivity index (χ3v) is 3.42. The molecule has 0 amide bonds. The van der Waals surface area contributed by atoms with Crippen molar-refractivity contribution in [1.29, 1.82) is 0 Å². The number of carbonyl (C=O) groups excluding carboxylic acids is 1. The molecule has 3 nitrogen and oxygen atoms in total. The summed E-state index contributed by atoms with van der Waals surface area (Å²) in [6, 6.07) is 8.83. The number of rotatable bonds is 5. The first-order chi connectivity index (χ1) is 9.86. The molecular formula is C18H23NO2. The Hall–Kier alpha value is -2.12. The summed E-state index contributed by atoms with van der Waals surface area (Å²) in [6.45, 7) is 9.99. The molecule has 0 aromatic heterocycles. The van der Waals surface area contributed by atoms with E-state index in [1.165, 1.54) is 5.57 Å². The summed E-state index contributed by atoms with van der Waals surface area (Å²) in [5.41, 5.74) is 5.32. The first-order valence-electron chi connectivity index (χ1n) is 7.11. The summed E-state index contributed by atoms with van der Waals surface area (Å²) in [5, 5.41) is 3.96. The molecule has 1 rings (SSSR count).